The van der Waals surface area contributed by atoms with Gasteiger partial charge in [-0.3, -0.25) is 4.79 Å². The summed E-state index contributed by atoms with van der Waals surface area (Å²) in [5, 5.41) is 18.0. The molecule has 0 aromatic heterocycles. The molecular weight excluding hydrogens is 156 g/mol. The quantitative estimate of drug-likeness (QED) is 0.581. The Kier molecular flexibility index (Phi) is 3.29. The van der Waals surface area contributed by atoms with Gasteiger partial charge in [-0.1, -0.05) is 12.2 Å². The number of aliphatic hydroxyl groups excluding tert-OH is 1. The second-order valence-corrected chi connectivity index (χ2v) is 3.19. The number of aliphatic hydroxyl groups is 1. The van der Waals surface area contributed by atoms with E-state index in [0.29, 0.717) is 19.3 Å². The molecule has 3 heteroatoms. The van der Waals surface area contributed by atoms with E-state index in [1.807, 2.05) is 6.08 Å². The SMILES string of the molecule is O=C(O)C1CC/C=C\C(O)CC1. The van der Waals surface area contributed by atoms with Gasteiger partial charge in [0.25, 0.3) is 0 Å². The molecule has 0 amide bonds. The molecule has 0 radical (unpaired) electrons. The highest BCUT2D eigenvalue weighted by molar-refractivity contribution is 5.69. The summed E-state index contributed by atoms with van der Waals surface area (Å²) in [6.45, 7) is 0. The third kappa shape index (κ3) is 2.66. The number of carbonyl (C=O) groups is 1. The van der Waals surface area contributed by atoms with Crippen LogP contribution in [-0.2, 0) is 4.79 Å². The maximum absolute atomic E-state index is 10.6. The van der Waals surface area contributed by atoms with E-state index in [1.165, 1.54) is 0 Å². The minimum Gasteiger partial charge on any atom is -0.481 e. The maximum Gasteiger partial charge on any atom is 0.306 e. The fraction of sp³-hybridized carbons (Fsp3) is 0.667. The van der Waals surface area contributed by atoms with Crippen LogP contribution in [0.15, 0.2) is 12.2 Å². The van der Waals surface area contributed by atoms with E-state index >= 15 is 0 Å². The molecule has 2 unspecified atom stereocenters. The van der Waals surface area contributed by atoms with Crippen LogP contribution in [-0.4, -0.2) is 22.3 Å². The van der Waals surface area contributed by atoms with Crippen LogP contribution in [0.2, 0.25) is 0 Å². The monoisotopic (exact) mass is 170 g/mol. The molecule has 12 heavy (non-hydrogen) atoms. The number of allylic oxidation sites excluding steroid dienone is 1. The summed E-state index contributed by atoms with van der Waals surface area (Å²) in [4.78, 5) is 10.6. The highest BCUT2D eigenvalue weighted by Crippen LogP contribution is 2.18. The Balaban J connectivity index is 2.49. The zero-order chi connectivity index (χ0) is 8.97. The van der Waals surface area contributed by atoms with Crippen LogP contribution in [0.25, 0.3) is 0 Å². The van der Waals surface area contributed by atoms with Crippen LogP contribution in [0.4, 0.5) is 0 Å². The summed E-state index contributed by atoms with van der Waals surface area (Å²) in [7, 11) is 0. The molecule has 2 atom stereocenters. The number of hydrogen-bond acceptors (Lipinski definition) is 2. The molecule has 0 aromatic rings. The van der Waals surface area contributed by atoms with E-state index < -0.39 is 12.1 Å². The first kappa shape index (κ1) is 9.26. The van der Waals surface area contributed by atoms with Gasteiger partial charge in [0.05, 0.1) is 12.0 Å². The van der Waals surface area contributed by atoms with Crippen molar-refractivity contribution in [3.63, 3.8) is 0 Å². The van der Waals surface area contributed by atoms with Crippen molar-refractivity contribution < 1.29 is 15.0 Å². The normalized spacial score (nSPS) is 33.4. The van der Waals surface area contributed by atoms with Crippen LogP contribution >= 0.6 is 0 Å². The Labute approximate surface area is 71.7 Å². The van der Waals surface area contributed by atoms with Crippen LogP contribution in [0.3, 0.4) is 0 Å². The van der Waals surface area contributed by atoms with E-state index in [2.05, 4.69) is 0 Å². The molecule has 0 heterocycles. The van der Waals surface area contributed by atoms with Gasteiger partial charge in [0.15, 0.2) is 0 Å². The smallest absolute Gasteiger partial charge is 0.306 e. The van der Waals surface area contributed by atoms with E-state index in [1.54, 1.807) is 6.08 Å². The van der Waals surface area contributed by atoms with E-state index in [0.717, 1.165) is 6.42 Å². The zero-order valence-corrected chi connectivity index (χ0v) is 6.94. The predicted molar refractivity (Wildman–Crippen MR) is 44.7 cm³/mol. The average molecular weight is 170 g/mol. The lowest BCUT2D eigenvalue weighted by Gasteiger charge is -2.15. The number of carboxylic acid groups (broad SMARTS) is 1. The van der Waals surface area contributed by atoms with Gasteiger partial charge in [-0.25, -0.2) is 0 Å². The molecule has 2 N–H and O–H groups in total. The Morgan fingerprint density at radius 2 is 2.08 bits per heavy atom. The van der Waals surface area contributed by atoms with Gasteiger partial charge in [0.2, 0.25) is 0 Å². The largest absolute Gasteiger partial charge is 0.481 e. The van der Waals surface area contributed by atoms with Crippen molar-refractivity contribution in [2.24, 2.45) is 5.92 Å². The second kappa shape index (κ2) is 4.26. The zero-order valence-electron chi connectivity index (χ0n) is 6.94. The van der Waals surface area contributed by atoms with Crippen molar-refractivity contribution in [1.82, 2.24) is 0 Å². The van der Waals surface area contributed by atoms with Crippen LogP contribution in [0, 0.1) is 5.92 Å². The molecule has 1 aliphatic rings. The number of aliphatic carboxylic acids is 1. The molecule has 1 rings (SSSR count). The van der Waals surface area contributed by atoms with E-state index in [-0.39, 0.29) is 5.92 Å². The highest BCUT2D eigenvalue weighted by Gasteiger charge is 2.18. The predicted octanol–water partition coefficient (Wildman–Crippen LogP) is 1.18. The van der Waals surface area contributed by atoms with Crippen molar-refractivity contribution in [2.45, 2.75) is 31.8 Å². The van der Waals surface area contributed by atoms with Gasteiger partial charge in [0, 0.05) is 0 Å². The Hall–Kier alpha value is -0.830. The van der Waals surface area contributed by atoms with E-state index in [9.17, 15) is 9.90 Å². The minimum atomic E-state index is -0.738. The summed E-state index contributed by atoms with van der Waals surface area (Å²) in [5.74, 6) is -1.01. The highest BCUT2D eigenvalue weighted by atomic mass is 16.4. The topological polar surface area (TPSA) is 57.5 Å². The second-order valence-electron chi connectivity index (χ2n) is 3.19. The maximum atomic E-state index is 10.6. The molecule has 0 aliphatic heterocycles. The Bertz CT molecular complexity index is 186. The molecule has 0 bridgehead atoms. The molecule has 0 aromatic carbocycles. The average Bonchev–Trinajstić information content (AvgIpc) is 1.97. The van der Waals surface area contributed by atoms with Crippen LogP contribution in [0.5, 0.6) is 0 Å². The van der Waals surface area contributed by atoms with Crippen molar-refractivity contribution >= 4 is 5.97 Å². The summed E-state index contributed by atoms with van der Waals surface area (Å²) in [6, 6.07) is 0. The summed E-state index contributed by atoms with van der Waals surface area (Å²) < 4.78 is 0. The third-order valence-corrected chi connectivity index (χ3v) is 2.20. The van der Waals surface area contributed by atoms with Gasteiger partial charge in [-0.2, -0.15) is 0 Å². The van der Waals surface area contributed by atoms with Crippen molar-refractivity contribution in [1.29, 1.82) is 0 Å². The van der Waals surface area contributed by atoms with Crippen molar-refractivity contribution in [3.05, 3.63) is 12.2 Å². The lowest BCUT2D eigenvalue weighted by Crippen LogP contribution is -2.17. The van der Waals surface area contributed by atoms with Crippen molar-refractivity contribution in [3.8, 4) is 0 Å². The first-order valence-electron chi connectivity index (χ1n) is 4.27. The van der Waals surface area contributed by atoms with Gasteiger partial charge < -0.3 is 10.2 Å². The molecule has 1 aliphatic carbocycles. The first-order chi connectivity index (χ1) is 5.70. The van der Waals surface area contributed by atoms with Gasteiger partial charge in [-0.05, 0) is 25.7 Å². The summed E-state index contributed by atoms with van der Waals surface area (Å²) >= 11 is 0. The Morgan fingerprint density at radius 3 is 2.75 bits per heavy atom. The standard InChI is InChI=1S/C9H14O3/c10-8-4-2-1-3-7(5-6-8)9(11)12/h2,4,7-8,10H,1,3,5-6H2,(H,11,12)/b4-2-. The molecule has 68 valence electrons. The first-order valence-corrected chi connectivity index (χ1v) is 4.27. The lowest BCUT2D eigenvalue weighted by atomic mass is 9.93. The molecule has 0 saturated heterocycles. The number of hydrogen-bond donors (Lipinski definition) is 2. The molecule has 0 saturated carbocycles. The van der Waals surface area contributed by atoms with E-state index in [4.69, 9.17) is 5.11 Å². The fourth-order valence-electron chi connectivity index (χ4n) is 1.41. The summed E-state index contributed by atoms with van der Waals surface area (Å²) in [5.41, 5.74) is 0. The van der Waals surface area contributed by atoms with Crippen LogP contribution < -0.4 is 0 Å². The molecular formula is C9H14O3. The van der Waals surface area contributed by atoms with Crippen molar-refractivity contribution in [2.75, 3.05) is 0 Å². The third-order valence-electron chi connectivity index (χ3n) is 2.20. The summed E-state index contributed by atoms with van der Waals surface area (Å²) in [6.07, 6.45) is 5.76. The van der Waals surface area contributed by atoms with Crippen LogP contribution in [0.1, 0.15) is 25.7 Å². The number of rotatable bonds is 1. The lowest BCUT2D eigenvalue weighted by molar-refractivity contribution is -0.142. The van der Waals surface area contributed by atoms with Gasteiger partial charge in [0.1, 0.15) is 0 Å². The number of carboxylic acids is 1. The fourth-order valence-corrected chi connectivity index (χ4v) is 1.41. The minimum absolute atomic E-state index is 0.274. The van der Waals surface area contributed by atoms with Gasteiger partial charge in [-0.15, -0.1) is 0 Å². The molecule has 3 nitrogen and oxygen atoms in total. The van der Waals surface area contributed by atoms with Gasteiger partial charge >= 0.3 is 5.97 Å². The molecule has 0 spiro atoms. The molecule has 0 fully saturated rings. The Morgan fingerprint density at radius 1 is 1.33 bits per heavy atom.